The number of aliphatic imine (C=N–C) groups is 1. The molecule has 1 aromatic heterocycles. The van der Waals surface area contributed by atoms with Gasteiger partial charge in [0.05, 0.1) is 12.6 Å². The first-order valence-corrected chi connectivity index (χ1v) is 20.3. The van der Waals surface area contributed by atoms with Crippen molar-refractivity contribution in [1.82, 2.24) is 4.98 Å². The maximum atomic E-state index is 6.84. The number of benzene rings is 4. The van der Waals surface area contributed by atoms with E-state index in [1.165, 1.54) is 44.5 Å². The second-order valence-corrected chi connectivity index (χ2v) is 18.6. The average Bonchev–Trinajstić information content (AvgIpc) is 3.56. The van der Waals surface area contributed by atoms with E-state index >= 15 is 0 Å². The molecular weight excluding hydrogens is 882 g/mol. The van der Waals surface area contributed by atoms with Crippen molar-refractivity contribution in [2.24, 2.45) is 22.7 Å². The molecule has 4 aromatic carbocycles. The fourth-order valence-corrected chi connectivity index (χ4v) is 9.52. The fourth-order valence-electron chi connectivity index (χ4n) is 9.52. The molecule has 0 saturated heterocycles. The van der Waals surface area contributed by atoms with Gasteiger partial charge in [-0.15, -0.1) is 24.3 Å². The zero-order valence-electron chi connectivity index (χ0n) is 36.3. The number of ether oxygens (including phenoxy) is 2. The van der Waals surface area contributed by atoms with Gasteiger partial charge in [0.25, 0.3) is 0 Å². The smallest absolute Gasteiger partial charge is 0.518 e. The number of anilines is 3. The van der Waals surface area contributed by atoms with Crippen molar-refractivity contribution in [2.75, 3.05) is 11.5 Å². The van der Waals surface area contributed by atoms with Gasteiger partial charge in [0.15, 0.2) is 0 Å². The fraction of sp³-hybridized carbons (Fsp3) is 0.412. The van der Waals surface area contributed by atoms with E-state index in [9.17, 15) is 0 Å². The van der Waals surface area contributed by atoms with E-state index in [0.717, 1.165) is 33.9 Å². The van der Waals surface area contributed by atoms with E-state index in [4.69, 9.17) is 19.5 Å². The third-order valence-corrected chi connectivity index (χ3v) is 11.9. The predicted octanol–water partition coefficient (Wildman–Crippen LogP) is 13.2. The molecule has 2 aliphatic rings. The summed E-state index contributed by atoms with van der Waals surface area (Å²) in [4.78, 5) is 12.5. The van der Waals surface area contributed by atoms with Gasteiger partial charge in [-0.2, -0.15) is 5.56 Å². The van der Waals surface area contributed by atoms with Crippen molar-refractivity contribution < 1.29 is 30.5 Å². The van der Waals surface area contributed by atoms with E-state index in [0.29, 0.717) is 41.8 Å². The molecule has 2 aliphatic heterocycles. The van der Waals surface area contributed by atoms with Gasteiger partial charge in [-0.1, -0.05) is 128 Å². The number of hydrogen-bond acceptors (Lipinski definition) is 5. The summed E-state index contributed by atoms with van der Waals surface area (Å²) in [5.41, 5.74) is 14.5. The monoisotopic (exact) mass is 940 g/mol. The molecule has 0 fully saturated rings. The predicted molar refractivity (Wildman–Crippen MR) is 232 cm³/mol. The molecule has 5 aromatic rings. The Kier molecular flexibility index (Phi) is 11.8. The minimum absolute atomic E-state index is 0. The molecule has 5 nitrogen and oxygen atoms in total. The van der Waals surface area contributed by atoms with Crippen LogP contribution in [0.5, 0.6) is 11.5 Å². The van der Waals surface area contributed by atoms with E-state index in [1.807, 2.05) is 12.3 Å². The number of hydrogen-bond donors (Lipinski definition) is 0. The van der Waals surface area contributed by atoms with Crippen LogP contribution in [-0.2, 0) is 36.6 Å². The Morgan fingerprint density at radius 1 is 0.807 bits per heavy atom. The largest absolute Gasteiger partial charge is 2.00 e. The van der Waals surface area contributed by atoms with Gasteiger partial charge >= 0.3 is 21.1 Å². The normalized spacial score (nSPS) is 16.0. The summed E-state index contributed by atoms with van der Waals surface area (Å²) in [6.07, 6.45) is 1.92. The first-order chi connectivity index (χ1) is 26.3. The van der Waals surface area contributed by atoms with Crippen molar-refractivity contribution >= 4 is 23.1 Å². The van der Waals surface area contributed by atoms with E-state index < -0.39 is 0 Å². The first-order valence-electron chi connectivity index (χ1n) is 20.3. The van der Waals surface area contributed by atoms with Crippen LogP contribution in [0.2, 0.25) is 0 Å². The Hall–Kier alpha value is -4.21. The number of nitrogens with zero attached hydrogens (tertiary/aromatic N) is 3. The number of pyridine rings is 1. The minimum Gasteiger partial charge on any atom is -0.518 e. The third-order valence-electron chi connectivity index (χ3n) is 11.9. The number of rotatable bonds is 8. The van der Waals surface area contributed by atoms with Gasteiger partial charge in [0, 0.05) is 34.4 Å². The van der Waals surface area contributed by atoms with Crippen molar-refractivity contribution in [3.05, 3.63) is 129 Å². The van der Waals surface area contributed by atoms with Crippen molar-refractivity contribution in [1.29, 1.82) is 0 Å². The molecule has 300 valence electrons. The Balaban J connectivity index is 0.00000549. The SMILES string of the molecule is Cc1cc(Oc2[c-]c(C3=N[C@H](C(C(C)C)C(C)C)CO3)cc(-c3c(C)cc(C)cc3C)c2)[c-]c(N2c3ccc(C(C)(C)C)cc3C(C)(C)c3c(C)ccnc32)c1.[Pt+2]. The summed E-state index contributed by atoms with van der Waals surface area (Å²) >= 11 is 0. The summed E-state index contributed by atoms with van der Waals surface area (Å²) in [6, 6.07) is 29.3. The first kappa shape index (κ1) is 42.4. The van der Waals surface area contributed by atoms with Crippen LogP contribution in [0.4, 0.5) is 17.2 Å². The zero-order valence-corrected chi connectivity index (χ0v) is 38.6. The van der Waals surface area contributed by atoms with Crippen LogP contribution >= 0.6 is 0 Å². The topological polar surface area (TPSA) is 47.0 Å². The van der Waals surface area contributed by atoms with Crippen LogP contribution < -0.4 is 9.64 Å². The summed E-state index contributed by atoms with van der Waals surface area (Å²) in [5.74, 6) is 4.16. The molecule has 0 saturated carbocycles. The third kappa shape index (κ3) is 8.11. The maximum absolute atomic E-state index is 6.84. The van der Waals surface area contributed by atoms with Crippen molar-refractivity contribution in [3.8, 4) is 22.6 Å². The molecule has 0 N–H and O–H groups in total. The summed E-state index contributed by atoms with van der Waals surface area (Å²) in [6.45, 7) is 32.0. The number of fused-ring (bicyclic) bond motifs is 2. The maximum Gasteiger partial charge on any atom is 2.00 e. The number of aryl methyl sites for hydroxylation is 5. The summed E-state index contributed by atoms with van der Waals surface area (Å²) in [5, 5.41) is 0. The van der Waals surface area contributed by atoms with Gasteiger partial charge in [0.2, 0.25) is 0 Å². The molecule has 7 rings (SSSR count). The minimum atomic E-state index is -0.254. The van der Waals surface area contributed by atoms with Crippen LogP contribution in [0.25, 0.3) is 11.1 Å². The molecule has 0 amide bonds. The van der Waals surface area contributed by atoms with Crippen LogP contribution in [0.15, 0.2) is 71.9 Å². The van der Waals surface area contributed by atoms with E-state index in [1.54, 1.807) is 0 Å². The molecular formula is C51H59N3O2Pt. The van der Waals surface area contributed by atoms with Gasteiger partial charge in [0.1, 0.15) is 11.7 Å². The quantitative estimate of drug-likeness (QED) is 0.145. The van der Waals surface area contributed by atoms with Gasteiger partial charge in [-0.05, 0) is 96.4 Å². The van der Waals surface area contributed by atoms with Gasteiger partial charge in [-0.3, -0.25) is 4.99 Å². The van der Waals surface area contributed by atoms with Crippen LogP contribution in [0, 0.1) is 64.5 Å². The van der Waals surface area contributed by atoms with Gasteiger partial charge < -0.3 is 14.4 Å². The second kappa shape index (κ2) is 15.9. The van der Waals surface area contributed by atoms with E-state index in [2.05, 4.69) is 169 Å². The Bertz CT molecular complexity index is 2320. The Morgan fingerprint density at radius 3 is 2.11 bits per heavy atom. The van der Waals surface area contributed by atoms with E-state index in [-0.39, 0.29) is 37.9 Å². The van der Waals surface area contributed by atoms with Crippen molar-refractivity contribution in [2.45, 2.75) is 114 Å². The molecule has 0 spiro atoms. The zero-order chi connectivity index (χ0) is 40.4. The van der Waals surface area contributed by atoms with Gasteiger partial charge in [-0.25, -0.2) is 4.98 Å². The molecule has 0 bridgehead atoms. The van der Waals surface area contributed by atoms with Crippen LogP contribution in [0.1, 0.15) is 112 Å². The molecule has 6 heteroatoms. The molecule has 1 atom stereocenters. The van der Waals surface area contributed by atoms with Crippen LogP contribution in [-0.4, -0.2) is 23.5 Å². The molecule has 57 heavy (non-hydrogen) atoms. The summed E-state index contributed by atoms with van der Waals surface area (Å²) in [7, 11) is 0. The van der Waals surface area contributed by atoms with Crippen LogP contribution in [0.3, 0.4) is 0 Å². The second-order valence-electron chi connectivity index (χ2n) is 18.6. The summed E-state index contributed by atoms with van der Waals surface area (Å²) < 4.78 is 13.2. The van der Waals surface area contributed by atoms with Crippen molar-refractivity contribution in [3.63, 3.8) is 0 Å². The standard InChI is InChI=1S/C51H59N3O2.Pt/c1-29(2)45(30(3)4)43-28-55-49(53-43)37-23-36(46-34(8)19-31(5)20-35(46)9)24-41(25-37)56-40-22-32(6)21-39(27-40)54-44-16-15-38(50(10,11)12)26-42(44)51(13,14)47-33(7)17-18-52-48(47)54;/h15-24,26,29-30,43,45H,28H2,1-14H3;/q-2;+2/t43-;/m0./s1. The molecule has 0 unspecified atom stereocenters. The number of aromatic nitrogens is 1. The molecule has 3 heterocycles. The molecule has 0 aliphatic carbocycles. The Labute approximate surface area is 356 Å². The average molecular weight is 941 g/mol. The molecule has 0 radical (unpaired) electrons. The Morgan fingerprint density at radius 2 is 1.46 bits per heavy atom.